The number of rotatable bonds is 10. The van der Waals surface area contributed by atoms with Gasteiger partial charge in [0, 0.05) is 0 Å². The van der Waals surface area contributed by atoms with Crippen LogP contribution in [0.5, 0.6) is 0 Å². The maximum Gasteiger partial charge on any atom is 0.0892 e. The molecule has 0 radical (unpaired) electrons. The van der Waals surface area contributed by atoms with E-state index in [1.54, 1.807) is 0 Å². The van der Waals surface area contributed by atoms with Crippen LogP contribution in [-0.4, -0.2) is 17.8 Å². The second-order valence-corrected chi connectivity index (χ2v) is 7.24. The number of unbranched alkanes of at least 4 members (excludes halogenated alkanes) is 1. The van der Waals surface area contributed by atoms with Gasteiger partial charge in [-0.3, -0.25) is 0 Å². The van der Waals surface area contributed by atoms with E-state index in [2.05, 4.69) is 58.0 Å². The van der Waals surface area contributed by atoms with E-state index in [-0.39, 0.29) is 5.60 Å². The highest BCUT2D eigenvalue weighted by atomic mass is 16.6. The molecule has 1 aliphatic rings. The second kappa shape index (κ2) is 8.12. The Morgan fingerprint density at radius 1 is 1.18 bits per heavy atom. The van der Waals surface area contributed by atoms with E-state index >= 15 is 0 Å². The molecule has 1 aromatic carbocycles. The number of epoxide rings is 1. The molecule has 2 nitrogen and oxygen atoms in total. The topological polar surface area (TPSA) is 21.8 Å². The fourth-order valence-electron chi connectivity index (χ4n) is 3.05. The van der Waals surface area contributed by atoms with Crippen molar-refractivity contribution in [3.05, 3.63) is 35.9 Å². The van der Waals surface area contributed by atoms with Gasteiger partial charge in [-0.15, -0.1) is 0 Å². The van der Waals surface area contributed by atoms with Gasteiger partial charge in [0.15, 0.2) is 0 Å². The second-order valence-electron chi connectivity index (χ2n) is 7.24. The van der Waals surface area contributed by atoms with Crippen molar-refractivity contribution in [3.63, 3.8) is 0 Å². The Balaban J connectivity index is 1.79. The van der Waals surface area contributed by atoms with Crippen LogP contribution >= 0.6 is 0 Å². The molecule has 0 N–H and O–H groups in total. The van der Waals surface area contributed by atoms with Crippen LogP contribution in [0.4, 0.5) is 0 Å². The molecule has 22 heavy (non-hydrogen) atoms. The van der Waals surface area contributed by atoms with Crippen molar-refractivity contribution < 1.29 is 9.47 Å². The highest BCUT2D eigenvalue weighted by Gasteiger charge is 2.47. The average Bonchev–Trinajstić information content (AvgIpc) is 3.13. The van der Waals surface area contributed by atoms with Crippen molar-refractivity contribution in [2.75, 3.05) is 0 Å². The third kappa shape index (κ3) is 5.40. The largest absolute Gasteiger partial charge is 0.373 e. The van der Waals surface area contributed by atoms with E-state index in [0.29, 0.717) is 18.1 Å². The van der Waals surface area contributed by atoms with Crippen LogP contribution in [0.3, 0.4) is 0 Å². The molecule has 0 saturated carbocycles. The van der Waals surface area contributed by atoms with Crippen LogP contribution in [0, 0.1) is 5.92 Å². The summed E-state index contributed by atoms with van der Waals surface area (Å²) in [5.41, 5.74) is 1.38. The molecule has 2 heteroatoms. The highest BCUT2D eigenvalue weighted by molar-refractivity contribution is 5.13. The molecule has 124 valence electrons. The monoisotopic (exact) mass is 304 g/mol. The molecule has 0 aromatic heterocycles. The van der Waals surface area contributed by atoms with Gasteiger partial charge in [0.2, 0.25) is 0 Å². The fourth-order valence-corrected chi connectivity index (χ4v) is 3.05. The van der Waals surface area contributed by atoms with Crippen LogP contribution in [0.15, 0.2) is 30.3 Å². The van der Waals surface area contributed by atoms with E-state index in [4.69, 9.17) is 9.47 Å². The molecule has 0 bridgehead atoms. The summed E-state index contributed by atoms with van der Waals surface area (Å²) in [6, 6.07) is 10.5. The van der Waals surface area contributed by atoms with Gasteiger partial charge < -0.3 is 9.47 Å². The van der Waals surface area contributed by atoms with E-state index in [1.807, 2.05) is 0 Å². The SMILES string of the molecule is CCCC[C@@H](OCc1ccccc1)[C@@H](C)CCC1OC1(C)C. The summed E-state index contributed by atoms with van der Waals surface area (Å²) in [7, 11) is 0. The first-order valence-corrected chi connectivity index (χ1v) is 8.86. The summed E-state index contributed by atoms with van der Waals surface area (Å²) in [5, 5.41) is 0. The third-order valence-electron chi connectivity index (χ3n) is 4.83. The average molecular weight is 304 g/mol. The van der Waals surface area contributed by atoms with E-state index in [9.17, 15) is 0 Å². The van der Waals surface area contributed by atoms with Crippen LogP contribution in [-0.2, 0) is 16.1 Å². The van der Waals surface area contributed by atoms with Crippen molar-refractivity contribution in [1.29, 1.82) is 0 Å². The summed E-state index contributed by atoms with van der Waals surface area (Å²) >= 11 is 0. The maximum absolute atomic E-state index is 6.26. The Bertz CT molecular complexity index is 427. The first kappa shape index (κ1) is 17.5. The standard InChI is InChI=1S/C20H32O2/c1-5-6-12-18(21-15-17-10-8-7-9-11-17)16(2)13-14-19-20(3,4)22-19/h7-11,16,18-19H,5-6,12-15H2,1-4H3/t16-,18+,19?/m0/s1. The zero-order valence-electron chi connectivity index (χ0n) is 14.7. The predicted octanol–water partition coefficient (Wildman–Crippen LogP) is 5.36. The minimum Gasteiger partial charge on any atom is -0.373 e. The zero-order valence-corrected chi connectivity index (χ0v) is 14.7. The van der Waals surface area contributed by atoms with Gasteiger partial charge in [-0.05, 0) is 44.6 Å². The Kier molecular flexibility index (Phi) is 6.46. The molecular formula is C20H32O2. The number of benzene rings is 1. The van der Waals surface area contributed by atoms with Crippen molar-refractivity contribution in [2.45, 2.75) is 84.2 Å². The van der Waals surface area contributed by atoms with Crippen LogP contribution in [0.1, 0.15) is 65.4 Å². The first-order chi connectivity index (χ1) is 10.5. The van der Waals surface area contributed by atoms with Gasteiger partial charge in [-0.25, -0.2) is 0 Å². The highest BCUT2D eigenvalue weighted by Crippen LogP contribution is 2.39. The summed E-state index contributed by atoms with van der Waals surface area (Å²) in [6.45, 7) is 9.68. The molecule has 0 spiro atoms. The van der Waals surface area contributed by atoms with Crippen LogP contribution in [0.2, 0.25) is 0 Å². The lowest BCUT2D eigenvalue weighted by Crippen LogP contribution is -2.23. The van der Waals surface area contributed by atoms with Gasteiger partial charge in [-0.2, -0.15) is 0 Å². The number of hydrogen-bond acceptors (Lipinski definition) is 2. The summed E-state index contributed by atoms with van der Waals surface area (Å²) in [6.07, 6.45) is 6.81. The molecule has 1 aromatic rings. The van der Waals surface area contributed by atoms with Crippen LogP contribution < -0.4 is 0 Å². The lowest BCUT2D eigenvalue weighted by molar-refractivity contribution is -0.00405. The molecular weight excluding hydrogens is 272 g/mol. The lowest BCUT2D eigenvalue weighted by atomic mass is 9.92. The molecule has 2 rings (SSSR count). The Hall–Kier alpha value is -0.860. The number of ether oxygens (including phenoxy) is 2. The van der Waals surface area contributed by atoms with E-state index in [0.717, 1.165) is 13.0 Å². The summed E-state index contributed by atoms with van der Waals surface area (Å²) in [5.74, 6) is 0.593. The Labute approximate surface area is 136 Å². The maximum atomic E-state index is 6.26. The minimum absolute atomic E-state index is 0.115. The van der Waals surface area contributed by atoms with Gasteiger partial charge in [0.05, 0.1) is 24.4 Å². The van der Waals surface area contributed by atoms with Gasteiger partial charge in [0.25, 0.3) is 0 Å². The molecule has 1 heterocycles. The Morgan fingerprint density at radius 2 is 1.86 bits per heavy atom. The van der Waals surface area contributed by atoms with Gasteiger partial charge in [-0.1, -0.05) is 57.0 Å². The fraction of sp³-hybridized carbons (Fsp3) is 0.700. The van der Waals surface area contributed by atoms with Gasteiger partial charge in [0.1, 0.15) is 0 Å². The van der Waals surface area contributed by atoms with Crippen molar-refractivity contribution >= 4 is 0 Å². The van der Waals surface area contributed by atoms with Crippen molar-refractivity contribution in [1.82, 2.24) is 0 Å². The molecule has 1 aliphatic heterocycles. The molecule has 0 aliphatic carbocycles. The van der Waals surface area contributed by atoms with E-state index < -0.39 is 0 Å². The van der Waals surface area contributed by atoms with Crippen LogP contribution in [0.25, 0.3) is 0 Å². The zero-order chi connectivity index (χ0) is 16.0. The smallest absolute Gasteiger partial charge is 0.0892 e. The lowest BCUT2D eigenvalue weighted by Gasteiger charge is -2.24. The van der Waals surface area contributed by atoms with Crippen molar-refractivity contribution in [2.24, 2.45) is 5.92 Å². The minimum atomic E-state index is 0.115. The van der Waals surface area contributed by atoms with E-state index in [1.165, 1.54) is 31.2 Å². The van der Waals surface area contributed by atoms with Gasteiger partial charge >= 0.3 is 0 Å². The first-order valence-electron chi connectivity index (χ1n) is 8.86. The summed E-state index contributed by atoms with van der Waals surface area (Å²) < 4.78 is 12.0. The molecule has 0 amide bonds. The normalized spacial score (nSPS) is 22.3. The molecule has 3 atom stereocenters. The molecule has 1 unspecified atom stereocenters. The molecule has 1 saturated heterocycles. The predicted molar refractivity (Wildman–Crippen MR) is 91.9 cm³/mol. The summed E-state index contributed by atoms with van der Waals surface area (Å²) in [4.78, 5) is 0. The quantitative estimate of drug-likeness (QED) is 0.543. The third-order valence-corrected chi connectivity index (χ3v) is 4.83. The number of hydrogen-bond donors (Lipinski definition) is 0. The Morgan fingerprint density at radius 3 is 2.45 bits per heavy atom. The molecule has 1 fully saturated rings. The van der Waals surface area contributed by atoms with Crippen molar-refractivity contribution in [3.8, 4) is 0 Å².